The highest BCUT2D eigenvalue weighted by Gasteiger charge is 2.25. The Hall–Kier alpha value is -1.74. The fraction of sp³-hybridized carbons (Fsp3) is 0.316. The normalized spacial score (nSPS) is 17.8. The average molecular weight is 311 g/mol. The van der Waals surface area contributed by atoms with Crippen molar-refractivity contribution in [1.29, 1.82) is 0 Å². The summed E-state index contributed by atoms with van der Waals surface area (Å²) >= 11 is 1.74. The molecule has 2 nitrogen and oxygen atoms in total. The molecule has 0 saturated heterocycles. The number of benzene rings is 2. The molecule has 1 aliphatic rings. The predicted octanol–water partition coefficient (Wildman–Crippen LogP) is 4.22. The third-order valence-electron chi connectivity index (χ3n) is 4.14. The van der Waals surface area contributed by atoms with Gasteiger partial charge < -0.3 is 5.32 Å². The number of carbonyl (C=O) groups is 1. The van der Waals surface area contributed by atoms with Gasteiger partial charge in [0.25, 0.3) is 0 Å². The molecule has 2 unspecified atom stereocenters. The van der Waals surface area contributed by atoms with Gasteiger partial charge in [0, 0.05) is 16.6 Å². The van der Waals surface area contributed by atoms with E-state index in [2.05, 4.69) is 41.7 Å². The first-order valence-electron chi connectivity index (χ1n) is 7.80. The Labute approximate surface area is 136 Å². The Bertz CT molecular complexity index is 641. The molecule has 0 aliphatic heterocycles. The van der Waals surface area contributed by atoms with Crippen molar-refractivity contribution in [2.45, 2.75) is 30.7 Å². The highest BCUT2D eigenvalue weighted by atomic mass is 32.2. The van der Waals surface area contributed by atoms with Gasteiger partial charge in [-0.1, -0.05) is 49.4 Å². The lowest BCUT2D eigenvalue weighted by Crippen LogP contribution is -2.32. The number of fused-ring (bicyclic) bond motifs is 1. The summed E-state index contributed by atoms with van der Waals surface area (Å²) in [4.78, 5) is 13.6. The minimum atomic E-state index is 0.0120. The Morgan fingerprint density at radius 3 is 2.73 bits per heavy atom. The molecule has 0 fully saturated rings. The van der Waals surface area contributed by atoms with Crippen molar-refractivity contribution in [1.82, 2.24) is 5.32 Å². The second kappa shape index (κ2) is 7.01. The smallest absolute Gasteiger partial charge is 0.224 e. The van der Waals surface area contributed by atoms with E-state index in [9.17, 15) is 4.79 Å². The van der Waals surface area contributed by atoms with E-state index in [4.69, 9.17) is 0 Å². The van der Waals surface area contributed by atoms with Gasteiger partial charge >= 0.3 is 0 Å². The SMILES string of the molecule is CC(CSc1ccccc1)C(=O)NC1CCc2ccccc21. The Morgan fingerprint density at radius 2 is 1.91 bits per heavy atom. The molecule has 0 spiro atoms. The molecular weight excluding hydrogens is 290 g/mol. The molecule has 0 saturated carbocycles. The second-order valence-corrected chi connectivity index (χ2v) is 6.92. The fourth-order valence-corrected chi connectivity index (χ4v) is 3.78. The van der Waals surface area contributed by atoms with E-state index in [0.29, 0.717) is 0 Å². The summed E-state index contributed by atoms with van der Waals surface area (Å²) in [6.45, 7) is 2.01. The summed E-state index contributed by atoms with van der Waals surface area (Å²) in [6.07, 6.45) is 2.08. The molecule has 1 aliphatic carbocycles. The van der Waals surface area contributed by atoms with Gasteiger partial charge in [0.15, 0.2) is 0 Å². The molecule has 2 aromatic rings. The number of hydrogen-bond donors (Lipinski definition) is 1. The molecule has 1 N–H and O–H groups in total. The van der Waals surface area contributed by atoms with Crippen molar-refractivity contribution in [3.05, 3.63) is 65.7 Å². The lowest BCUT2D eigenvalue weighted by atomic mass is 10.1. The molecule has 3 heteroatoms. The zero-order valence-electron chi connectivity index (χ0n) is 12.8. The van der Waals surface area contributed by atoms with Crippen molar-refractivity contribution in [2.24, 2.45) is 5.92 Å². The van der Waals surface area contributed by atoms with Gasteiger partial charge in [-0.2, -0.15) is 0 Å². The number of rotatable bonds is 5. The van der Waals surface area contributed by atoms with Gasteiger partial charge in [0.05, 0.1) is 6.04 Å². The molecule has 0 aromatic heterocycles. The van der Waals surface area contributed by atoms with Crippen LogP contribution >= 0.6 is 11.8 Å². The number of carbonyl (C=O) groups excluding carboxylic acids is 1. The quantitative estimate of drug-likeness (QED) is 0.838. The van der Waals surface area contributed by atoms with E-state index in [-0.39, 0.29) is 17.9 Å². The topological polar surface area (TPSA) is 29.1 Å². The summed E-state index contributed by atoms with van der Waals surface area (Å²) < 4.78 is 0. The maximum atomic E-state index is 12.4. The summed E-state index contributed by atoms with van der Waals surface area (Å²) in [7, 11) is 0. The van der Waals surface area contributed by atoms with E-state index in [1.54, 1.807) is 11.8 Å². The van der Waals surface area contributed by atoms with Crippen LogP contribution in [0.15, 0.2) is 59.5 Å². The van der Waals surface area contributed by atoms with Gasteiger partial charge in [0.2, 0.25) is 5.91 Å². The standard InChI is InChI=1S/C19H21NOS/c1-14(13-22-16-8-3-2-4-9-16)19(21)20-18-12-11-15-7-5-6-10-17(15)18/h2-10,14,18H,11-13H2,1H3,(H,20,21). The molecule has 114 valence electrons. The zero-order chi connectivity index (χ0) is 15.4. The molecule has 2 atom stereocenters. The van der Waals surface area contributed by atoms with E-state index < -0.39 is 0 Å². The number of hydrogen-bond acceptors (Lipinski definition) is 2. The molecule has 2 aromatic carbocycles. The van der Waals surface area contributed by atoms with Gasteiger partial charge in [0.1, 0.15) is 0 Å². The van der Waals surface area contributed by atoms with E-state index in [1.165, 1.54) is 16.0 Å². The van der Waals surface area contributed by atoms with E-state index >= 15 is 0 Å². The summed E-state index contributed by atoms with van der Waals surface area (Å²) in [5.41, 5.74) is 2.66. The average Bonchev–Trinajstić information content (AvgIpc) is 2.97. The zero-order valence-corrected chi connectivity index (χ0v) is 13.6. The Kier molecular flexibility index (Phi) is 4.84. The second-order valence-electron chi connectivity index (χ2n) is 5.82. The van der Waals surface area contributed by atoms with E-state index in [1.807, 2.05) is 25.1 Å². The lowest BCUT2D eigenvalue weighted by molar-refractivity contribution is -0.124. The van der Waals surface area contributed by atoms with Crippen LogP contribution in [0.4, 0.5) is 0 Å². The Morgan fingerprint density at radius 1 is 1.18 bits per heavy atom. The highest BCUT2D eigenvalue weighted by Crippen LogP contribution is 2.31. The number of aryl methyl sites for hydroxylation is 1. The van der Waals surface area contributed by atoms with Gasteiger partial charge in [-0.25, -0.2) is 0 Å². The Balaban J connectivity index is 1.54. The molecule has 0 heterocycles. The third-order valence-corrected chi connectivity index (χ3v) is 5.41. The van der Waals surface area contributed by atoms with Crippen molar-refractivity contribution < 1.29 is 4.79 Å². The number of thioether (sulfide) groups is 1. The molecular formula is C19H21NOS. The van der Waals surface area contributed by atoms with Crippen LogP contribution in [0.2, 0.25) is 0 Å². The summed E-state index contributed by atoms with van der Waals surface area (Å²) in [5, 5.41) is 3.22. The first-order chi connectivity index (χ1) is 10.7. The first-order valence-corrected chi connectivity index (χ1v) is 8.78. The van der Waals surface area contributed by atoms with Crippen LogP contribution in [0.1, 0.15) is 30.5 Å². The number of amides is 1. The van der Waals surface area contributed by atoms with Crippen molar-refractivity contribution in [3.63, 3.8) is 0 Å². The lowest BCUT2D eigenvalue weighted by Gasteiger charge is -2.17. The third kappa shape index (κ3) is 3.53. The van der Waals surface area contributed by atoms with Crippen molar-refractivity contribution in [3.8, 4) is 0 Å². The predicted molar refractivity (Wildman–Crippen MR) is 92.0 cm³/mol. The minimum absolute atomic E-state index is 0.0120. The molecule has 0 radical (unpaired) electrons. The van der Waals surface area contributed by atoms with Gasteiger partial charge in [-0.15, -0.1) is 11.8 Å². The van der Waals surface area contributed by atoms with Gasteiger partial charge in [-0.3, -0.25) is 4.79 Å². The van der Waals surface area contributed by atoms with Crippen molar-refractivity contribution in [2.75, 3.05) is 5.75 Å². The highest BCUT2D eigenvalue weighted by molar-refractivity contribution is 7.99. The largest absolute Gasteiger partial charge is 0.349 e. The molecule has 1 amide bonds. The van der Waals surface area contributed by atoms with Crippen LogP contribution in [0.25, 0.3) is 0 Å². The van der Waals surface area contributed by atoms with E-state index in [0.717, 1.165) is 18.6 Å². The van der Waals surface area contributed by atoms with Crippen LogP contribution < -0.4 is 5.32 Å². The maximum absolute atomic E-state index is 12.4. The van der Waals surface area contributed by atoms with Crippen LogP contribution in [-0.2, 0) is 11.2 Å². The van der Waals surface area contributed by atoms with Gasteiger partial charge in [-0.05, 0) is 36.1 Å². The molecule has 3 rings (SSSR count). The van der Waals surface area contributed by atoms with Crippen molar-refractivity contribution >= 4 is 17.7 Å². The van der Waals surface area contributed by atoms with Crippen LogP contribution in [0, 0.1) is 5.92 Å². The minimum Gasteiger partial charge on any atom is -0.349 e. The van der Waals surface area contributed by atoms with Crippen LogP contribution in [-0.4, -0.2) is 11.7 Å². The molecule has 22 heavy (non-hydrogen) atoms. The van der Waals surface area contributed by atoms with Crippen LogP contribution in [0.5, 0.6) is 0 Å². The monoisotopic (exact) mass is 311 g/mol. The molecule has 0 bridgehead atoms. The summed E-state index contributed by atoms with van der Waals surface area (Å²) in [6, 6.07) is 18.9. The fourth-order valence-electron chi connectivity index (χ4n) is 2.83. The summed E-state index contributed by atoms with van der Waals surface area (Å²) in [5.74, 6) is 0.979. The first kappa shape index (κ1) is 15.2. The maximum Gasteiger partial charge on any atom is 0.224 e. The van der Waals surface area contributed by atoms with Crippen LogP contribution in [0.3, 0.4) is 0 Å². The number of nitrogens with one attached hydrogen (secondary N) is 1.